The first-order chi connectivity index (χ1) is 13.5. The molecule has 2 aliphatic rings. The maximum Gasteiger partial charge on any atom is 0.317 e. The van der Waals surface area contributed by atoms with Crippen LogP contribution in [0.5, 0.6) is 0 Å². The number of carboxylic acid groups (broad SMARTS) is 2. The first-order valence-corrected chi connectivity index (χ1v) is 9.61. The Labute approximate surface area is 164 Å². The lowest BCUT2D eigenvalue weighted by atomic mass is 9.87. The molecular formula is C20H26N4O4. The number of benzene rings is 1. The van der Waals surface area contributed by atoms with Crippen LogP contribution in [0.2, 0.25) is 0 Å². The molecule has 0 spiro atoms. The topological polar surface area (TPSA) is 108 Å². The van der Waals surface area contributed by atoms with Crippen molar-refractivity contribution in [1.29, 1.82) is 5.26 Å². The lowest BCUT2D eigenvalue weighted by molar-refractivity contribution is -0.140. The smallest absolute Gasteiger partial charge is 0.317 e. The highest BCUT2D eigenvalue weighted by atomic mass is 16.4. The molecule has 0 aliphatic carbocycles. The molecule has 0 amide bonds. The minimum Gasteiger partial charge on any atom is -0.481 e. The first-order valence-electron chi connectivity index (χ1n) is 9.61. The third-order valence-electron chi connectivity index (χ3n) is 5.72. The van der Waals surface area contributed by atoms with Crippen molar-refractivity contribution in [3.63, 3.8) is 0 Å². The zero-order valence-corrected chi connectivity index (χ0v) is 15.8. The standard InChI is InChI=1S/C20H26N4O4/c21-12-15-1-3-17(4-2-15)23-7-9-24(10-8-23)18-5-6-22(14-20(27)28)13-16(18)11-19(25)26/h1-4,16,18H,5-11,13-14H2,(H,25,26)(H,27,28)/t16-,18+/m1/s1. The Bertz CT molecular complexity index is 738. The Balaban J connectivity index is 1.60. The summed E-state index contributed by atoms with van der Waals surface area (Å²) in [5.74, 6) is -1.76. The van der Waals surface area contributed by atoms with Crippen molar-refractivity contribution in [3.05, 3.63) is 29.8 Å². The molecule has 2 aliphatic heterocycles. The van der Waals surface area contributed by atoms with Crippen LogP contribution in [0.1, 0.15) is 18.4 Å². The van der Waals surface area contributed by atoms with Gasteiger partial charge in [-0.15, -0.1) is 0 Å². The van der Waals surface area contributed by atoms with Gasteiger partial charge in [0.25, 0.3) is 0 Å². The van der Waals surface area contributed by atoms with E-state index in [9.17, 15) is 14.7 Å². The fourth-order valence-corrected chi connectivity index (χ4v) is 4.39. The molecular weight excluding hydrogens is 360 g/mol. The van der Waals surface area contributed by atoms with Crippen molar-refractivity contribution in [2.24, 2.45) is 5.92 Å². The van der Waals surface area contributed by atoms with E-state index in [1.807, 2.05) is 29.2 Å². The molecule has 0 aromatic heterocycles. The number of hydrogen-bond donors (Lipinski definition) is 2. The van der Waals surface area contributed by atoms with E-state index in [1.54, 1.807) is 0 Å². The number of anilines is 1. The molecule has 8 heteroatoms. The lowest BCUT2D eigenvalue weighted by Crippen LogP contribution is -2.57. The van der Waals surface area contributed by atoms with E-state index < -0.39 is 11.9 Å². The van der Waals surface area contributed by atoms with Gasteiger partial charge >= 0.3 is 11.9 Å². The van der Waals surface area contributed by atoms with Gasteiger partial charge in [0.1, 0.15) is 0 Å². The molecule has 2 atom stereocenters. The Morgan fingerprint density at radius 3 is 2.29 bits per heavy atom. The van der Waals surface area contributed by atoms with Gasteiger partial charge in [0.15, 0.2) is 0 Å². The van der Waals surface area contributed by atoms with E-state index in [4.69, 9.17) is 10.4 Å². The van der Waals surface area contributed by atoms with Crippen molar-refractivity contribution in [2.45, 2.75) is 18.9 Å². The Morgan fingerprint density at radius 2 is 1.71 bits per heavy atom. The van der Waals surface area contributed by atoms with E-state index in [0.29, 0.717) is 18.7 Å². The van der Waals surface area contributed by atoms with Crippen LogP contribution in [-0.2, 0) is 9.59 Å². The van der Waals surface area contributed by atoms with Crippen LogP contribution in [0.15, 0.2) is 24.3 Å². The molecule has 0 saturated carbocycles. The Hall–Kier alpha value is -2.63. The summed E-state index contributed by atoms with van der Waals surface area (Å²) in [5.41, 5.74) is 1.74. The van der Waals surface area contributed by atoms with E-state index in [0.717, 1.165) is 38.3 Å². The normalized spacial score (nSPS) is 23.9. The monoisotopic (exact) mass is 386 g/mol. The Morgan fingerprint density at radius 1 is 1.04 bits per heavy atom. The molecule has 0 unspecified atom stereocenters. The molecule has 2 fully saturated rings. The molecule has 8 nitrogen and oxygen atoms in total. The largest absolute Gasteiger partial charge is 0.481 e. The zero-order valence-electron chi connectivity index (χ0n) is 15.8. The van der Waals surface area contributed by atoms with Gasteiger partial charge < -0.3 is 15.1 Å². The van der Waals surface area contributed by atoms with Crippen molar-refractivity contribution in [1.82, 2.24) is 9.80 Å². The van der Waals surface area contributed by atoms with Crippen molar-refractivity contribution >= 4 is 17.6 Å². The van der Waals surface area contributed by atoms with E-state index in [1.165, 1.54) is 0 Å². The molecule has 0 radical (unpaired) electrons. The number of carbonyl (C=O) groups is 2. The molecule has 150 valence electrons. The third kappa shape index (κ3) is 5.00. The summed E-state index contributed by atoms with van der Waals surface area (Å²) in [6.45, 7) is 4.55. The highest BCUT2D eigenvalue weighted by molar-refractivity contribution is 5.69. The van der Waals surface area contributed by atoms with Crippen molar-refractivity contribution in [2.75, 3.05) is 50.7 Å². The highest BCUT2D eigenvalue weighted by Crippen LogP contribution is 2.27. The highest BCUT2D eigenvalue weighted by Gasteiger charge is 2.36. The van der Waals surface area contributed by atoms with Gasteiger partial charge in [-0.3, -0.25) is 19.4 Å². The predicted octanol–water partition coefficient (Wildman–Crippen LogP) is 0.930. The lowest BCUT2D eigenvalue weighted by Gasteiger charge is -2.46. The van der Waals surface area contributed by atoms with Crippen LogP contribution in [0.25, 0.3) is 0 Å². The molecule has 1 aromatic rings. The van der Waals surface area contributed by atoms with Crippen LogP contribution >= 0.6 is 0 Å². The zero-order chi connectivity index (χ0) is 20.1. The molecule has 0 bridgehead atoms. The summed E-state index contributed by atoms with van der Waals surface area (Å²) >= 11 is 0. The second kappa shape index (κ2) is 9.04. The van der Waals surface area contributed by atoms with Crippen LogP contribution in [0, 0.1) is 17.2 Å². The summed E-state index contributed by atoms with van der Waals surface area (Å²) in [7, 11) is 0. The third-order valence-corrected chi connectivity index (χ3v) is 5.72. The first kappa shape index (κ1) is 20.1. The maximum absolute atomic E-state index is 11.3. The second-order valence-electron chi connectivity index (χ2n) is 7.52. The average Bonchev–Trinajstić information content (AvgIpc) is 2.68. The van der Waals surface area contributed by atoms with Crippen molar-refractivity contribution < 1.29 is 19.8 Å². The number of likely N-dealkylation sites (tertiary alicyclic amines) is 1. The number of piperazine rings is 1. The molecule has 2 heterocycles. The molecule has 3 rings (SSSR count). The van der Waals surface area contributed by atoms with Gasteiger partial charge in [-0.1, -0.05) is 0 Å². The van der Waals surface area contributed by atoms with Gasteiger partial charge in [-0.2, -0.15) is 5.26 Å². The van der Waals surface area contributed by atoms with Crippen LogP contribution in [-0.4, -0.2) is 83.8 Å². The number of rotatable bonds is 6. The number of carboxylic acids is 2. The van der Waals surface area contributed by atoms with Gasteiger partial charge in [0.05, 0.1) is 24.6 Å². The fourth-order valence-electron chi connectivity index (χ4n) is 4.39. The summed E-state index contributed by atoms with van der Waals surface area (Å²) in [5, 5.41) is 27.3. The maximum atomic E-state index is 11.3. The number of hydrogen-bond acceptors (Lipinski definition) is 6. The van der Waals surface area contributed by atoms with Crippen molar-refractivity contribution in [3.8, 4) is 6.07 Å². The van der Waals surface area contributed by atoms with E-state index in [2.05, 4.69) is 15.9 Å². The summed E-state index contributed by atoms with van der Waals surface area (Å²) in [6, 6.07) is 9.87. The van der Waals surface area contributed by atoms with E-state index >= 15 is 0 Å². The summed E-state index contributed by atoms with van der Waals surface area (Å²) < 4.78 is 0. The molecule has 2 saturated heterocycles. The average molecular weight is 386 g/mol. The summed E-state index contributed by atoms with van der Waals surface area (Å²) in [4.78, 5) is 28.8. The minimum absolute atomic E-state index is 0.0324. The quantitative estimate of drug-likeness (QED) is 0.743. The second-order valence-corrected chi connectivity index (χ2v) is 7.52. The van der Waals surface area contributed by atoms with Gasteiger partial charge in [0.2, 0.25) is 0 Å². The van der Waals surface area contributed by atoms with Crippen LogP contribution in [0.3, 0.4) is 0 Å². The van der Waals surface area contributed by atoms with Crippen LogP contribution in [0.4, 0.5) is 5.69 Å². The van der Waals surface area contributed by atoms with Gasteiger partial charge in [-0.25, -0.2) is 0 Å². The van der Waals surface area contributed by atoms with E-state index in [-0.39, 0.29) is 24.9 Å². The summed E-state index contributed by atoms with van der Waals surface area (Å²) in [6.07, 6.45) is 0.860. The molecule has 1 aromatic carbocycles. The van der Waals surface area contributed by atoms with Gasteiger partial charge in [0, 0.05) is 51.0 Å². The Kier molecular flexibility index (Phi) is 6.49. The van der Waals surface area contributed by atoms with Crippen LogP contribution < -0.4 is 4.90 Å². The fraction of sp³-hybridized carbons (Fsp3) is 0.550. The predicted molar refractivity (Wildman–Crippen MR) is 103 cm³/mol. The number of piperidine rings is 1. The molecule has 28 heavy (non-hydrogen) atoms. The number of aliphatic carboxylic acids is 2. The molecule has 2 N–H and O–H groups in total. The number of nitriles is 1. The van der Waals surface area contributed by atoms with Gasteiger partial charge in [-0.05, 0) is 36.6 Å². The minimum atomic E-state index is -0.872. The SMILES string of the molecule is N#Cc1ccc(N2CCN([C@H]3CCN(CC(=O)O)C[C@H]3CC(=O)O)CC2)cc1. The number of nitrogens with zero attached hydrogens (tertiary/aromatic N) is 4.